The van der Waals surface area contributed by atoms with E-state index in [2.05, 4.69) is 18.3 Å². The van der Waals surface area contributed by atoms with Crippen molar-refractivity contribution in [1.29, 1.82) is 0 Å². The Balaban J connectivity index is 2.09. The van der Waals surface area contributed by atoms with E-state index >= 15 is 0 Å². The molecule has 0 radical (unpaired) electrons. The highest BCUT2D eigenvalue weighted by atomic mass is 35.5. The van der Waals surface area contributed by atoms with Crippen molar-refractivity contribution in [3.63, 3.8) is 0 Å². The zero-order valence-corrected chi connectivity index (χ0v) is 10.6. The minimum Gasteiger partial charge on any atom is -0.383 e. The molecule has 2 nitrogen and oxygen atoms in total. The van der Waals surface area contributed by atoms with Crippen molar-refractivity contribution < 1.29 is 4.74 Å². The third kappa shape index (κ3) is 2.40. The highest BCUT2D eigenvalue weighted by Crippen LogP contribution is 2.35. The molecule has 0 aromatic heterocycles. The topological polar surface area (TPSA) is 21.3 Å². The van der Waals surface area contributed by atoms with Crippen LogP contribution in [0.15, 0.2) is 18.2 Å². The molecule has 2 rings (SSSR count). The Morgan fingerprint density at radius 3 is 3.12 bits per heavy atom. The molecule has 88 valence electrons. The van der Waals surface area contributed by atoms with Crippen LogP contribution in [0.4, 0.5) is 0 Å². The van der Waals surface area contributed by atoms with E-state index in [0.717, 1.165) is 24.5 Å². The van der Waals surface area contributed by atoms with Crippen molar-refractivity contribution in [3.8, 4) is 0 Å². The van der Waals surface area contributed by atoms with E-state index in [9.17, 15) is 0 Å². The molecule has 0 heterocycles. The maximum absolute atomic E-state index is 6.18. The van der Waals surface area contributed by atoms with Crippen LogP contribution in [-0.2, 0) is 11.2 Å². The predicted octanol–water partition coefficient (Wildman–Crippen LogP) is 2.95. The molecule has 1 aliphatic rings. The molecule has 0 amide bonds. The van der Waals surface area contributed by atoms with E-state index in [4.69, 9.17) is 16.3 Å². The Labute approximate surface area is 102 Å². The van der Waals surface area contributed by atoms with Crippen molar-refractivity contribution in [3.05, 3.63) is 34.3 Å². The van der Waals surface area contributed by atoms with Crippen molar-refractivity contribution in [2.24, 2.45) is 0 Å². The molecule has 1 N–H and O–H groups in total. The Bertz CT molecular complexity index is 367. The van der Waals surface area contributed by atoms with Gasteiger partial charge in [0.15, 0.2) is 0 Å². The smallest absolute Gasteiger partial charge is 0.0613 e. The molecule has 2 atom stereocenters. The second-order valence-electron chi connectivity index (χ2n) is 4.42. The van der Waals surface area contributed by atoms with Gasteiger partial charge in [-0.05, 0) is 37.0 Å². The highest BCUT2D eigenvalue weighted by molar-refractivity contribution is 6.31. The van der Waals surface area contributed by atoms with E-state index in [1.165, 1.54) is 11.1 Å². The molecule has 0 aliphatic heterocycles. The summed E-state index contributed by atoms with van der Waals surface area (Å²) in [6, 6.07) is 6.98. The van der Waals surface area contributed by atoms with E-state index in [1.54, 1.807) is 7.11 Å². The Hall–Kier alpha value is -0.570. The van der Waals surface area contributed by atoms with Gasteiger partial charge in [0.1, 0.15) is 0 Å². The van der Waals surface area contributed by atoms with Crippen LogP contribution in [-0.4, -0.2) is 19.8 Å². The van der Waals surface area contributed by atoms with Crippen LogP contribution in [0.2, 0.25) is 5.02 Å². The number of fused-ring (bicyclic) bond motifs is 1. The maximum atomic E-state index is 6.18. The number of nitrogens with one attached hydrogen (secondary N) is 1. The first-order valence-electron chi connectivity index (χ1n) is 5.74. The molecule has 1 aromatic carbocycles. The first-order valence-corrected chi connectivity index (χ1v) is 6.12. The fourth-order valence-electron chi connectivity index (χ4n) is 2.42. The predicted molar refractivity (Wildman–Crippen MR) is 67.0 cm³/mol. The molecule has 2 unspecified atom stereocenters. The van der Waals surface area contributed by atoms with Gasteiger partial charge in [0.25, 0.3) is 0 Å². The van der Waals surface area contributed by atoms with Crippen LogP contribution in [0.3, 0.4) is 0 Å². The number of benzene rings is 1. The first-order chi connectivity index (χ1) is 7.72. The minimum absolute atomic E-state index is 0.375. The first kappa shape index (κ1) is 11.9. The van der Waals surface area contributed by atoms with E-state index < -0.39 is 0 Å². The summed E-state index contributed by atoms with van der Waals surface area (Å²) >= 11 is 6.18. The Morgan fingerprint density at radius 2 is 2.38 bits per heavy atom. The van der Waals surface area contributed by atoms with E-state index in [0.29, 0.717) is 12.1 Å². The number of halogens is 1. The molecular weight excluding hydrogens is 222 g/mol. The van der Waals surface area contributed by atoms with Crippen molar-refractivity contribution in [1.82, 2.24) is 5.32 Å². The fourth-order valence-corrected chi connectivity index (χ4v) is 2.70. The lowest BCUT2D eigenvalue weighted by atomic mass is 10.1. The van der Waals surface area contributed by atoms with Crippen molar-refractivity contribution in [2.75, 3.05) is 13.7 Å². The highest BCUT2D eigenvalue weighted by Gasteiger charge is 2.24. The lowest BCUT2D eigenvalue weighted by Crippen LogP contribution is -2.32. The van der Waals surface area contributed by atoms with Gasteiger partial charge in [-0.1, -0.05) is 23.7 Å². The van der Waals surface area contributed by atoms with Gasteiger partial charge < -0.3 is 10.1 Å². The summed E-state index contributed by atoms with van der Waals surface area (Å²) in [5.74, 6) is 0. The average molecular weight is 240 g/mol. The zero-order valence-electron chi connectivity index (χ0n) is 9.79. The number of rotatable bonds is 4. The van der Waals surface area contributed by atoms with Crippen LogP contribution >= 0.6 is 11.6 Å². The summed E-state index contributed by atoms with van der Waals surface area (Å²) in [7, 11) is 1.73. The van der Waals surface area contributed by atoms with Crippen LogP contribution in [0.1, 0.15) is 30.5 Å². The second kappa shape index (κ2) is 5.17. The van der Waals surface area contributed by atoms with Gasteiger partial charge in [0.05, 0.1) is 6.61 Å². The van der Waals surface area contributed by atoms with Gasteiger partial charge in [0, 0.05) is 24.2 Å². The number of ether oxygens (including phenoxy) is 1. The lowest BCUT2D eigenvalue weighted by Gasteiger charge is -2.19. The fraction of sp³-hybridized carbons (Fsp3) is 0.538. The van der Waals surface area contributed by atoms with Gasteiger partial charge in [-0.15, -0.1) is 0 Å². The van der Waals surface area contributed by atoms with Crippen LogP contribution in [0, 0.1) is 0 Å². The average Bonchev–Trinajstić information content (AvgIpc) is 2.64. The zero-order chi connectivity index (χ0) is 11.5. The van der Waals surface area contributed by atoms with Crippen molar-refractivity contribution in [2.45, 2.75) is 31.8 Å². The molecule has 0 spiro atoms. The summed E-state index contributed by atoms with van der Waals surface area (Å²) in [5.41, 5.74) is 2.67. The summed E-state index contributed by atoms with van der Waals surface area (Å²) in [6.45, 7) is 2.89. The summed E-state index contributed by atoms with van der Waals surface area (Å²) in [5, 5.41) is 4.48. The largest absolute Gasteiger partial charge is 0.383 e. The monoisotopic (exact) mass is 239 g/mol. The molecule has 0 fully saturated rings. The number of hydrogen-bond acceptors (Lipinski definition) is 2. The molecule has 0 bridgehead atoms. The quantitative estimate of drug-likeness (QED) is 0.872. The third-order valence-electron chi connectivity index (χ3n) is 3.12. The van der Waals surface area contributed by atoms with Gasteiger partial charge >= 0.3 is 0 Å². The van der Waals surface area contributed by atoms with Gasteiger partial charge in [-0.3, -0.25) is 0 Å². The standard InChI is InChI=1S/C13H18ClNO/c1-9(8-16-2)15-13-7-6-10-11(13)4-3-5-12(10)14/h3-5,9,13,15H,6-8H2,1-2H3. The second-order valence-corrected chi connectivity index (χ2v) is 4.83. The van der Waals surface area contributed by atoms with Gasteiger partial charge in [0.2, 0.25) is 0 Å². The van der Waals surface area contributed by atoms with E-state index in [-0.39, 0.29) is 0 Å². The summed E-state index contributed by atoms with van der Waals surface area (Å²) in [4.78, 5) is 0. The normalized spacial score (nSPS) is 20.8. The summed E-state index contributed by atoms with van der Waals surface area (Å²) in [6.07, 6.45) is 2.21. The molecule has 0 saturated heterocycles. The molecule has 16 heavy (non-hydrogen) atoms. The molecule has 1 aromatic rings. The minimum atomic E-state index is 0.375. The number of hydrogen-bond donors (Lipinski definition) is 1. The maximum Gasteiger partial charge on any atom is 0.0613 e. The molecule has 0 saturated carbocycles. The molecule has 3 heteroatoms. The Kier molecular flexibility index (Phi) is 3.85. The van der Waals surface area contributed by atoms with Crippen molar-refractivity contribution >= 4 is 11.6 Å². The molecule has 1 aliphatic carbocycles. The van der Waals surface area contributed by atoms with E-state index in [1.807, 2.05) is 12.1 Å². The third-order valence-corrected chi connectivity index (χ3v) is 3.47. The SMILES string of the molecule is COCC(C)NC1CCc2c(Cl)cccc21. The van der Waals surface area contributed by atoms with Crippen LogP contribution < -0.4 is 5.32 Å². The van der Waals surface area contributed by atoms with Gasteiger partial charge in [-0.2, -0.15) is 0 Å². The van der Waals surface area contributed by atoms with Crippen LogP contribution in [0.5, 0.6) is 0 Å². The molecular formula is C13H18ClNO. The lowest BCUT2D eigenvalue weighted by molar-refractivity contribution is 0.166. The Morgan fingerprint density at radius 1 is 1.56 bits per heavy atom. The number of methoxy groups -OCH3 is 1. The van der Waals surface area contributed by atoms with Gasteiger partial charge in [-0.25, -0.2) is 0 Å². The van der Waals surface area contributed by atoms with Crippen LogP contribution in [0.25, 0.3) is 0 Å². The summed E-state index contributed by atoms with van der Waals surface area (Å²) < 4.78 is 5.14.